The highest BCUT2D eigenvalue weighted by Crippen LogP contribution is 2.23. The molecule has 2 atom stereocenters. The summed E-state index contributed by atoms with van der Waals surface area (Å²) in [6.07, 6.45) is 0. The van der Waals surface area contributed by atoms with E-state index in [0.717, 1.165) is 5.56 Å². The Bertz CT molecular complexity index is 660. The predicted octanol–water partition coefficient (Wildman–Crippen LogP) is 3.27. The lowest BCUT2D eigenvalue weighted by Gasteiger charge is -2.20. The Labute approximate surface area is 152 Å². The summed E-state index contributed by atoms with van der Waals surface area (Å²) >= 11 is 12.0. The van der Waals surface area contributed by atoms with Crippen molar-refractivity contribution in [3.8, 4) is 0 Å². The van der Waals surface area contributed by atoms with Crippen LogP contribution in [0.3, 0.4) is 0 Å². The molecular formula is C18H21Cl2N2O2+. The Kier molecular flexibility index (Phi) is 7.06. The van der Waals surface area contributed by atoms with E-state index in [4.69, 9.17) is 27.9 Å². The highest BCUT2D eigenvalue weighted by Gasteiger charge is 2.26. The van der Waals surface area contributed by atoms with Crippen LogP contribution in [0.4, 0.5) is 5.69 Å². The zero-order valence-electron chi connectivity index (χ0n) is 13.6. The first-order valence-electron chi connectivity index (χ1n) is 7.65. The van der Waals surface area contributed by atoms with Crippen LogP contribution >= 0.6 is 23.2 Å². The first kappa shape index (κ1) is 18.7. The zero-order valence-corrected chi connectivity index (χ0v) is 15.1. The molecule has 0 radical (unpaired) electrons. The van der Waals surface area contributed by atoms with Gasteiger partial charge in [0.15, 0.2) is 6.04 Å². The quantitative estimate of drug-likeness (QED) is 0.788. The van der Waals surface area contributed by atoms with Crippen molar-refractivity contribution >= 4 is 34.8 Å². The van der Waals surface area contributed by atoms with E-state index in [0.29, 0.717) is 22.3 Å². The summed E-state index contributed by atoms with van der Waals surface area (Å²) in [5, 5.41) is 5.83. The fraction of sp³-hybridized carbons (Fsp3) is 0.278. The third-order valence-electron chi connectivity index (χ3n) is 3.52. The summed E-state index contributed by atoms with van der Waals surface area (Å²) in [4.78, 5) is 12.8. The number of nitrogens with one attached hydrogen (secondary N) is 1. The van der Waals surface area contributed by atoms with Crippen molar-refractivity contribution in [2.75, 3.05) is 19.0 Å². The maximum absolute atomic E-state index is 12.8. The van der Waals surface area contributed by atoms with Gasteiger partial charge in [-0.15, -0.1) is 0 Å². The fourth-order valence-corrected chi connectivity index (χ4v) is 3.03. The van der Waals surface area contributed by atoms with Gasteiger partial charge in [-0.25, -0.2) is 0 Å². The average Bonchev–Trinajstić information content (AvgIpc) is 2.52. The molecule has 0 aliphatic carbocycles. The van der Waals surface area contributed by atoms with Crippen molar-refractivity contribution in [3.05, 3.63) is 64.1 Å². The molecule has 0 unspecified atom stereocenters. The second-order valence-electron chi connectivity index (χ2n) is 5.66. The molecule has 3 N–H and O–H groups in total. The number of nitrogens with two attached hydrogens (primary N) is 1. The van der Waals surface area contributed by atoms with E-state index in [2.05, 4.69) is 5.32 Å². The Morgan fingerprint density at radius 2 is 1.79 bits per heavy atom. The van der Waals surface area contributed by atoms with Crippen molar-refractivity contribution in [3.63, 3.8) is 0 Å². The number of rotatable bonds is 7. The molecule has 1 amide bonds. The minimum absolute atomic E-state index is 0.133. The maximum atomic E-state index is 12.8. The topological polar surface area (TPSA) is 54.9 Å². The molecule has 0 aliphatic rings. The molecule has 0 saturated carbocycles. The molecule has 4 nitrogen and oxygen atoms in total. The summed E-state index contributed by atoms with van der Waals surface area (Å²) < 4.78 is 5.17. The van der Waals surface area contributed by atoms with Gasteiger partial charge >= 0.3 is 0 Å². The number of carbonyl (C=O) groups excluding carboxylic acids is 1. The molecule has 0 aliphatic heterocycles. The Balaban J connectivity index is 2.20. The Morgan fingerprint density at radius 1 is 1.17 bits per heavy atom. The maximum Gasteiger partial charge on any atom is 0.287 e. The number of carbonyl (C=O) groups is 1. The molecule has 2 aromatic carbocycles. The average molecular weight is 368 g/mol. The fourth-order valence-electron chi connectivity index (χ4n) is 2.50. The second kappa shape index (κ2) is 9.04. The number of halogens is 2. The van der Waals surface area contributed by atoms with Gasteiger partial charge in [-0.05, 0) is 25.1 Å². The number of anilines is 1. The van der Waals surface area contributed by atoms with Gasteiger partial charge < -0.3 is 15.4 Å². The molecule has 24 heavy (non-hydrogen) atoms. The van der Waals surface area contributed by atoms with Gasteiger partial charge in [-0.3, -0.25) is 4.79 Å². The van der Waals surface area contributed by atoms with Crippen molar-refractivity contribution in [1.82, 2.24) is 0 Å². The molecule has 128 valence electrons. The minimum atomic E-state index is -0.394. The van der Waals surface area contributed by atoms with E-state index in [1.807, 2.05) is 42.6 Å². The zero-order chi connectivity index (χ0) is 17.5. The summed E-state index contributed by atoms with van der Waals surface area (Å²) in [6, 6.07) is 14.3. The number of methoxy groups -OCH3 is 1. The standard InChI is InChI=1S/C18H20Cl2N2O2/c1-12(11-24-2)21-17(13-6-4-3-5-7-13)18(23)22-16-9-14(19)8-15(20)10-16/h3-10,12,17,21H,11H2,1-2H3,(H,22,23)/p+1/t12-,17+/m1/s1. The third-order valence-corrected chi connectivity index (χ3v) is 3.96. The summed E-state index contributed by atoms with van der Waals surface area (Å²) in [6.45, 7) is 2.57. The molecule has 0 bridgehead atoms. The molecule has 0 heterocycles. The van der Waals surface area contributed by atoms with Crippen LogP contribution in [0.15, 0.2) is 48.5 Å². The van der Waals surface area contributed by atoms with Crippen LogP contribution in [0, 0.1) is 0 Å². The van der Waals surface area contributed by atoms with Gasteiger partial charge in [0.2, 0.25) is 0 Å². The summed E-state index contributed by atoms with van der Waals surface area (Å²) in [7, 11) is 1.65. The van der Waals surface area contributed by atoms with Crippen molar-refractivity contribution in [2.24, 2.45) is 0 Å². The number of benzene rings is 2. The van der Waals surface area contributed by atoms with Crippen LogP contribution < -0.4 is 10.6 Å². The molecule has 2 aromatic rings. The smallest absolute Gasteiger partial charge is 0.287 e. The van der Waals surface area contributed by atoms with Gasteiger partial charge in [-0.2, -0.15) is 0 Å². The number of hydrogen-bond donors (Lipinski definition) is 2. The monoisotopic (exact) mass is 367 g/mol. The van der Waals surface area contributed by atoms with E-state index in [9.17, 15) is 4.79 Å². The first-order valence-corrected chi connectivity index (χ1v) is 8.41. The van der Waals surface area contributed by atoms with E-state index in [1.165, 1.54) is 0 Å². The lowest BCUT2D eigenvalue weighted by Crippen LogP contribution is -2.92. The molecule has 0 spiro atoms. The lowest BCUT2D eigenvalue weighted by molar-refractivity contribution is -0.713. The van der Waals surface area contributed by atoms with Crippen LogP contribution in [-0.2, 0) is 9.53 Å². The van der Waals surface area contributed by atoms with Crippen molar-refractivity contribution in [1.29, 1.82) is 0 Å². The molecule has 6 heteroatoms. The number of hydrogen-bond acceptors (Lipinski definition) is 2. The van der Waals surface area contributed by atoms with Crippen LogP contribution in [0.1, 0.15) is 18.5 Å². The van der Waals surface area contributed by atoms with Crippen LogP contribution in [-0.4, -0.2) is 25.7 Å². The van der Waals surface area contributed by atoms with E-state index in [1.54, 1.807) is 25.3 Å². The van der Waals surface area contributed by atoms with Crippen molar-refractivity contribution in [2.45, 2.75) is 19.0 Å². The summed E-state index contributed by atoms with van der Waals surface area (Å²) in [5.41, 5.74) is 1.50. The molecule has 0 saturated heterocycles. The molecule has 0 aromatic heterocycles. The largest absolute Gasteiger partial charge is 0.379 e. The van der Waals surface area contributed by atoms with E-state index in [-0.39, 0.29) is 11.9 Å². The number of amides is 1. The van der Waals surface area contributed by atoms with Gasteiger partial charge in [0, 0.05) is 28.4 Å². The predicted molar refractivity (Wildman–Crippen MR) is 97.5 cm³/mol. The normalized spacial score (nSPS) is 13.3. The minimum Gasteiger partial charge on any atom is -0.379 e. The van der Waals surface area contributed by atoms with E-state index < -0.39 is 6.04 Å². The lowest BCUT2D eigenvalue weighted by atomic mass is 10.0. The van der Waals surface area contributed by atoms with Crippen LogP contribution in [0.2, 0.25) is 10.0 Å². The third kappa shape index (κ3) is 5.49. The highest BCUT2D eigenvalue weighted by molar-refractivity contribution is 6.35. The van der Waals surface area contributed by atoms with Gasteiger partial charge in [0.25, 0.3) is 5.91 Å². The van der Waals surface area contributed by atoms with Crippen LogP contribution in [0.5, 0.6) is 0 Å². The number of ether oxygens (including phenoxy) is 1. The van der Waals surface area contributed by atoms with Gasteiger partial charge in [-0.1, -0.05) is 53.5 Å². The first-order chi connectivity index (χ1) is 11.5. The molecule has 0 fully saturated rings. The van der Waals surface area contributed by atoms with Crippen LogP contribution in [0.25, 0.3) is 0 Å². The Hall–Kier alpha value is -1.59. The molecular weight excluding hydrogens is 347 g/mol. The second-order valence-corrected chi connectivity index (χ2v) is 6.53. The van der Waals surface area contributed by atoms with Crippen molar-refractivity contribution < 1.29 is 14.8 Å². The molecule has 2 rings (SSSR count). The Morgan fingerprint density at radius 3 is 2.38 bits per heavy atom. The van der Waals surface area contributed by atoms with Gasteiger partial charge in [0.05, 0.1) is 6.61 Å². The number of quaternary nitrogens is 1. The SMILES string of the molecule is COC[C@@H](C)[NH2+][C@H](C(=O)Nc1cc(Cl)cc(Cl)c1)c1ccccc1. The van der Waals surface area contributed by atoms with Gasteiger partial charge in [0.1, 0.15) is 6.04 Å². The highest BCUT2D eigenvalue weighted by atomic mass is 35.5. The summed E-state index contributed by atoms with van der Waals surface area (Å²) in [5.74, 6) is -0.137. The van der Waals surface area contributed by atoms with E-state index >= 15 is 0 Å².